The summed E-state index contributed by atoms with van der Waals surface area (Å²) in [6.45, 7) is 1.37. The number of ether oxygens (including phenoxy) is 1. The fourth-order valence-electron chi connectivity index (χ4n) is 8.41. The zero-order valence-electron chi connectivity index (χ0n) is 36.3. The largest absolute Gasteiger partial charge is 0.875 e. The molecule has 10 heteroatoms. The lowest BCUT2D eigenvalue weighted by molar-refractivity contribution is -0.307. The lowest BCUT2D eigenvalue weighted by Gasteiger charge is -2.27. The van der Waals surface area contributed by atoms with Gasteiger partial charge in [0, 0.05) is 42.7 Å². The number of aromatic hydroxyl groups is 2. The predicted octanol–water partition coefficient (Wildman–Crippen LogP) is 7.12. The third-order valence-corrected chi connectivity index (χ3v) is 12.0. The monoisotopic (exact) mass is 849 g/mol. The van der Waals surface area contributed by atoms with Crippen LogP contribution in [0, 0.1) is 17.8 Å². The van der Waals surface area contributed by atoms with Crippen LogP contribution in [0.25, 0.3) is 0 Å². The van der Waals surface area contributed by atoms with Gasteiger partial charge in [-0.25, -0.2) is 0 Å². The number of nitrogens with one attached hydrogen (secondary N) is 1. The number of benzene rings is 4. The second-order valence-corrected chi connectivity index (χ2v) is 16.5. The van der Waals surface area contributed by atoms with E-state index in [1.807, 2.05) is 49.5 Å². The molecule has 0 fully saturated rings. The van der Waals surface area contributed by atoms with E-state index < -0.39 is 12.1 Å². The summed E-state index contributed by atoms with van der Waals surface area (Å²) >= 11 is 0. The van der Waals surface area contributed by atoms with Crippen LogP contribution in [0.2, 0.25) is 0 Å². The summed E-state index contributed by atoms with van der Waals surface area (Å²) in [7, 11) is 1.99. The summed E-state index contributed by atoms with van der Waals surface area (Å²) in [6, 6.07) is 24.5. The van der Waals surface area contributed by atoms with Crippen molar-refractivity contribution in [3.63, 3.8) is 0 Å². The highest BCUT2D eigenvalue weighted by atomic mass is 16.5. The average molecular weight is 850 g/mol. The molecule has 6 rings (SSSR count). The first kappa shape index (κ1) is 46.5. The number of aryl methyl sites for hydroxylation is 2. The topological polar surface area (TPSA) is 186 Å². The summed E-state index contributed by atoms with van der Waals surface area (Å²) < 4.78 is 6.08. The van der Waals surface area contributed by atoms with Gasteiger partial charge in [-0.2, -0.15) is 0 Å². The van der Waals surface area contributed by atoms with Crippen molar-refractivity contribution in [1.82, 2.24) is 5.32 Å². The SMILES string of the molecule is CNCCC(CCCC=CC(=O)CCc1ccc(O)c(OCCc2ccc(O)c(C3CC([O-])=C4C=CN=C4CC#Cc4cc(C(N)N)ccc43)c2)c1)CCc1ccccc1CCO. The van der Waals surface area contributed by atoms with Crippen LogP contribution in [-0.4, -0.2) is 53.6 Å². The van der Waals surface area contributed by atoms with E-state index in [2.05, 4.69) is 40.3 Å². The lowest BCUT2D eigenvalue weighted by Crippen LogP contribution is -2.21. The van der Waals surface area contributed by atoms with Crippen LogP contribution in [0.4, 0.5) is 0 Å². The summed E-state index contributed by atoms with van der Waals surface area (Å²) in [6.07, 6.45) is 14.9. The van der Waals surface area contributed by atoms with E-state index >= 15 is 0 Å². The number of phenolic OH excluding ortho intramolecular Hbond substituents is 2. The number of carbonyl (C=O) groups excluding carboxylic acids is 1. The Bertz CT molecular complexity index is 2390. The molecule has 0 bridgehead atoms. The van der Waals surface area contributed by atoms with Gasteiger partial charge < -0.3 is 41.9 Å². The Balaban J connectivity index is 1.02. The normalized spacial score (nSPS) is 15.2. The van der Waals surface area contributed by atoms with Crippen molar-refractivity contribution in [2.24, 2.45) is 22.4 Å². The molecule has 4 aromatic rings. The van der Waals surface area contributed by atoms with E-state index in [0.29, 0.717) is 71.7 Å². The van der Waals surface area contributed by atoms with Gasteiger partial charge in [0.1, 0.15) is 5.75 Å². The maximum absolute atomic E-state index is 13.7. The molecule has 63 heavy (non-hydrogen) atoms. The van der Waals surface area contributed by atoms with Crippen LogP contribution in [-0.2, 0) is 30.5 Å². The second kappa shape index (κ2) is 23.5. The number of ketones is 1. The molecule has 0 saturated heterocycles. The number of nitrogens with zero attached hydrogens (tertiary/aromatic N) is 1. The molecule has 1 heterocycles. The molecule has 4 aromatic carbocycles. The molecule has 8 N–H and O–H groups in total. The van der Waals surface area contributed by atoms with Gasteiger partial charge in [0.2, 0.25) is 0 Å². The maximum Gasteiger partial charge on any atom is 0.161 e. The van der Waals surface area contributed by atoms with E-state index in [0.717, 1.165) is 61.8 Å². The fourth-order valence-corrected chi connectivity index (χ4v) is 8.41. The summed E-state index contributed by atoms with van der Waals surface area (Å²) in [5, 5.41) is 48.4. The Morgan fingerprint density at radius 3 is 2.49 bits per heavy atom. The van der Waals surface area contributed by atoms with Crippen LogP contribution in [0.5, 0.6) is 17.2 Å². The first-order valence-electron chi connectivity index (χ1n) is 22.2. The number of nitrogens with two attached hydrogens (primary N) is 2. The minimum Gasteiger partial charge on any atom is -0.875 e. The Labute approximate surface area is 372 Å². The molecule has 0 amide bonds. The van der Waals surface area contributed by atoms with Crippen LogP contribution < -0.4 is 26.6 Å². The van der Waals surface area contributed by atoms with Crippen molar-refractivity contribution in [2.45, 2.75) is 89.1 Å². The Morgan fingerprint density at radius 2 is 1.71 bits per heavy atom. The van der Waals surface area contributed by atoms with Gasteiger partial charge in [0.15, 0.2) is 17.3 Å². The number of unbranched alkanes of at least 4 members (excludes halogenated alkanes) is 1. The molecule has 0 aromatic heterocycles. The number of aliphatic imine (C=N–C) groups is 1. The lowest BCUT2D eigenvalue weighted by atomic mass is 9.82. The minimum absolute atomic E-state index is 0.00873. The van der Waals surface area contributed by atoms with E-state index in [9.17, 15) is 25.2 Å². The quantitative estimate of drug-likeness (QED) is 0.0207. The molecule has 0 saturated carbocycles. The predicted molar refractivity (Wildman–Crippen MR) is 248 cm³/mol. The van der Waals surface area contributed by atoms with Crippen molar-refractivity contribution in [3.05, 3.63) is 159 Å². The number of hydrogen-bond donors (Lipinski definition) is 6. The minimum atomic E-state index is -0.699. The first-order valence-corrected chi connectivity index (χ1v) is 22.2. The van der Waals surface area contributed by atoms with E-state index in [1.54, 1.807) is 42.6 Å². The van der Waals surface area contributed by atoms with Gasteiger partial charge in [-0.15, -0.1) is 5.76 Å². The number of fused-ring (bicyclic) bond motifs is 2. The third kappa shape index (κ3) is 13.3. The summed E-state index contributed by atoms with van der Waals surface area (Å²) in [5.74, 6) is 6.84. The Morgan fingerprint density at radius 1 is 0.937 bits per heavy atom. The van der Waals surface area contributed by atoms with Crippen molar-refractivity contribution < 1.29 is 30.0 Å². The molecule has 1 aliphatic heterocycles. The second-order valence-electron chi connectivity index (χ2n) is 16.5. The van der Waals surface area contributed by atoms with Gasteiger partial charge in [-0.05, 0) is 146 Å². The maximum atomic E-state index is 13.7. The Kier molecular flexibility index (Phi) is 17.3. The number of hydrogen-bond acceptors (Lipinski definition) is 10. The first-order chi connectivity index (χ1) is 30.6. The van der Waals surface area contributed by atoms with Crippen LogP contribution in [0.1, 0.15) is 108 Å². The molecular formula is C53H61N4O6-. The van der Waals surface area contributed by atoms with Crippen molar-refractivity contribution in [3.8, 4) is 29.1 Å². The van der Waals surface area contributed by atoms with E-state index in [-0.39, 0.29) is 42.7 Å². The van der Waals surface area contributed by atoms with Crippen LogP contribution in [0.15, 0.2) is 120 Å². The smallest absolute Gasteiger partial charge is 0.161 e. The van der Waals surface area contributed by atoms with E-state index in [1.165, 1.54) is 11.1 Å². The average Bonchev–Trinajstić information content (AvgIpc) is 3.76. The number of phenols is 2. The van der Waals surface area contributed by atoms with Gasteiger partial charge in [-0.3, -0.25) is 9.79 Å². The van der Waals surface area contributed by atoms with E-state index in [4.69, 9.17) is 16.2 Å². The molecule has 330 valence electrons. The molecule has 2 unspecified atom stereocenters. The van der Waals surface area contributed by atoms with Crippen molar-refractivity contribution in [2.75, 3.05) is 26.8 Å². The van der Waals surface area contributed by atoms with Gasteiger partial charge in [-0.1, -0.05) is 78.9 Å². The highest BCUT2D eigenvalue weighted by Crippen LogP contribution is 2.39. The molecule has 2 atom stereocenters. The van der Waals surface area contributed by atoms with Gasteiger partial charge in [0.05, 0.1) is 24.9 Å². The number of aliphatic hydroxyl groups is 1. The molecule has 0 radical (unpaired) electrons. The molecule has 1 aliphatic carbocycles. The number of carbonyl (C=O) groups is 1. The zero-order valence-corrected chi connectivity index (χ0v) is 36.3. The summed E-state index contributed by atoms with van der Waals surface area (Å²) in [4.78, 5) is 17.2. The molecule has 10 nitrogen and oxygen atoms in total. The number of allylic oxidation sites excluding steroid dienone is 5. The number of aliphatic hydroxyl groups excluding tert-OH is 1. The number of rotatable bonds is 22. The standard InChI is InChI=1S/C53H62N4O6/c1-56-28-24-36(14-18-39-9-5-6-10-40(39)26-30-58)8-3-2-4-12-43(59)20-15-37-17-23-50(61)52(33-37)63-31-27-38-16-22-49(60)47(32-38)46-35-51(62)45-25-29-57-48(45)13-7-11-41-34-42(53(54)55)19-21-44(41)46/h4-6,9-10,12,16-17,19,21-23,25,29,32-34,36,46,53,56,58,60-62H,2-3,8,13-15,18,20,24,26-28,30-31,35,54-55H2,1H3/p-1. The van der Waals surface area contributed by atoms with Gasteiger partial charge >= 0.3 is 0 Å². The Hall–Kier alpha value is -5.96. The van der Waals surface area contributed by atoms with Crippen molar-refractivity contribution in [1.29, 1.82) is 0 Å². The highest BCUT2D eigenvalue weighted by Gasteiger charge is 2.24. The summed E-state index contributed by atoms with van der Waals surface area (Å²) in [5.41, 5.74) is 20.3. The van der Waals surface area contributed by atoms with Gasteiger partial charge in [0.25, 0.3) is 0 Å². The highest BCUT2D eigenvalue weighted by molar-refractivity contribution is 6.06. The molecule has 2 aliphatic rings. The molecular weight excluding hydrogens is 789 g/mol. The van der Waals surface area contributed by atoms with Crippen LogP contribution >= 0.6 is 0 Å². The third-order valence-electron chi connectivity index (χ3n) is 12.0. The fraction of sp³-hybridized carbons (Fsp3) is 0.358. The van der Waals surface area contributed by atoms with Crippen molar-refractivity contribution >= 4 is 11.5 Å². The van der Waals surface area contributed by atoms with Crippen LogP contribution in [0.3, 0.4) is 0 Å². The molecule has 0 spiro atoms. The zero-order chi connectivity index (χ0) is 44.6.